The van der Waals surface area contributed by atoms with Gasteiger partial charge in [0.2, 0.25) is 5.95 Å². The first-order chi connectivity index (χ1) is 16.7. The van der Waals surface area contributed by atoms with Crippen molar-refractivity contribution in [1.82, 2.24) is 15.3 Å². The molecule has 7 heteroatoms. The summed E-state index contributed by atoms with van der Waals surface area (Å²) in [6, 6.07) is 17.8. The molecule has 2 heterocycles. The summed E-state index contributed by atoms with van der Waals surface area (Å²) in [5.74, 6) is 1.24. The third-order valence-electron chi connectivity index (χ3n) is 6.93. The number of amides is 1. The van der Waals surface area contributed by atoms with Gasteiger partial charge in [0.15, 0.2) is 0 Å². The van der Waals surface area contributed by atoms with Gasteiger partial charge in [-0.3, -0.25) is 4.79 Å². The van der Waals surface area contributed by atoms with Gasteiger partial charge in [0.05, 0.1) is 25.9 Å². The van der Waals surface area contributed by atoms with Crippen molar-refractivity contribution in [2.45, 2.75) is 24.7 Å². The highest BCUT2D eigenvalue weighted by molar-refractivity contribution is 5.97. The lowest BCUT2D eigenvalue weighted by molar-refractivity contribution is 0.0937. The number of carbonyl (C=O) groups is 1. The van der Waals surface area contributed by atoms with Crippen LogP contribution in [0.25, 0.3) is 0 Å². The van der Waals surface area contributed by atoms with Crippen LogP contribution in [-0.2, 0) is 23.0 Å². The number of aryl methyl sites for hydroxylation is 1. The first-order valence-corrected chi connectivity index (χ1v) is 11.8. The van der Waals surface area contributed by atoms with Gasteiger partial charge in [0.25, 0.3) is 5.91 Å². The summed E-state index contributed by atoms with van der Waals surface area (Å²) in [5, 5.41) is 3.19. The van der Waals surface area contributed by atoms with Crippen LogP contribution in [0.5, 0.6) is 5.75 Å². The van der Waals surface area contributed by atoms with E-state index in [1.54, 1.807) is 13.2 Å². The van der Waals surface area contributed by atoms with Crippen LogP contribution >= 0.6 is 0 Å². The van der Waals surface area contributed by atoms with Gasteiger partial charge in [0.1, 0.15) is 5.75 Å². The Morgan fingerprint density at radius 2 is 1.88 bits per heavy atom. The lowest BCUT2D eigenvalue weighted by atomic mass is 9.68. The monoisotopic (exact) mass is 458 g/mol. The van der Waals surface area contributed by atoms with E-state index in [9.17, 15) is 4.79 Å². The van der Waals surface area contributed by atoms with Crippen molar-refractivity contribution in [3.05, 3.63) is 83.2 Å². The van der Waals surface area contributed by atoms with Gasteiger partial charge < -0.3 is 19.7 Å². The van der Waals surface area contributed by atoms with Gasteiger partial charge in [-0.05, 0) is 42.5 Å². The number of nitrogens with one attached hydrogen (secondary N) is 1. The molecule has 5 rings (SSSR count). The predicted octanol–water partition coefficient (Wildman–Crippen LogP) is 3.18. The fraction of sp³-hybridized carbons (Fsp3) is 0.370. The first kappa shape index (κ1) is 22.3. The summed E-state index contributed by atoms with van der Waals surface area (Å²) in [4.78, 5) is 24.9. The van der Waals surface area contributed by atoms with Gasteiger partial charge in [0, 0.05) is 36.9 Å². The minimum absolute atomic E-state index is 0.127. The normalized spacial score (nSPS) is 19.9. The van der Waals surface area contributed by atoms with E-state index in [1.165, 1.54) is 5.56 Å². The van der Waals surface area contributed by atoms with E-state index >= 15 is 0 Å². The van der Waals surface area contributed by atoms with Crippen molar-refractivity contribution in [3.8, 4) is 5.75 Å². The van der Waals surface area contributed by atoms with Crippen molar-refractivity contribution in [3.63, 3.8) is 0 Å². The maximum absolute atomic E-state index is 13.1. The van der Waals surface area contributed by atoms with Crippen molar-refractivity contribution in [1.29, 1.82) is 0 Å². The smallest absolute Gasteiger partial charge is 0.255 e. The highest BCUT2D eigenvalue weighted by atomic mass is 16.5. The topological polar surface area (TPSA) is 76.6 Å². The molecule has 7 nitrogen and oxygen atoms in total. The quantitative estimate of drug-likeness (QED) is 0.612. The average molecular weight is 459 g/mol. The number of para-hydroxylation sites is 1. The maximum Gasteiger partial charge on any atom is 0.255 e. The van der Waals surface area contributed by atoms with Crippen molar-refractivity contribution < 1.29 is 14.3 Å². The molecular weight excluding hydrogens is 428 g/mol. The molecule has 34 heavy (non-hydrogen) atoms. The standard InChI is InChI=1S/C27H30N4O3/c1-33-24-10-6-5-9-22(24)25(32)29-19-27(21-7-3-2-4-8-21)12-11-23-20(17-27)18-28-26(30-23)31-13-15-34-16-14-31/h2-10,18H,11-17,19H2,1H3,(H,29,32). The highest BCUT2D eigenvalue weighted by Crippen LogP contribution is 2.38. The Morgan fingerprint density at radius 1 is 1.12 bits per heavy atom. The van der Waals surface area contributed by atoms with Gasteiger partial charge in [-0.15, -0.1) is 0 Å². The van der Waals surface area contributed by atoms with E-state index in [1.807, 2.05) is 30.5 Å². The Bertz CT molecular complexity index is 1150. The molecule has 1 unspecified atom stereocenters. The summed E-state index contributed by atoms with van der Waals surface area (Å²) in [6.07, 6.45) is 4.50. The minimum Gasteiger partial charge on any atom is -0.496 e. The van der Waals surface area contributed by atoms with Crippen LogP contribution in [0.1, 0.15) is 33.6 Å². The number of methoxy groups -OCH3 is 1. The molecule has 1 aromatic heterocycles. The molecule has 0 radical (unpaired) electrons. The summed E-state index contributed by atoms with van der Waals surface area (Å²) < 4.78 is 10.8. The van der Waals surface area contributed by atoms with Crippen LogP contribution in [0.2, 0.25) is 0 Å². The van der Waals surface area contributed by atoms with Gasteiger partial charge in [-0.25, -0.2) is 9.97 Å². The molecular formula is C27H30N4O3. The Morgan fingerprint density at radius 3 is 2.68 bits per heavy atom. The zero-order valence-corrected chi connectivity index (χ0v) is 19.5. The molecule has 1 saturated heterocycles. The number of rotatable bonds is 6. The Balaban J connectivity index is 1.40. The average Bonchev–Trinajstić information content (AvgIpc) is 2.92. The van der Waals surface area contributed by atoms with Crippen molar-refractivity contribution >= 4 is 11.9 Å². The number of nitrogens with zero attached hydrogens (tertiary/aromatic N) is 3. The first-order valence-electron chi connectivity index (χ1n) is 11.8. The minimum atomic E-state index is -0.226. The van der Waals surface area contributed by atoms with Crippen molar-refractivity contribution in [2.24, 2.45) is 0 Å². The second kappa shape index (κ2) is 9.81. The van der Waals surface area contributed by atoms with E-state index in [4.69, 9.17) is 19.4 Å². The number of carbonyl (C=O) groups excluding carboxylic acids is 1. The van der Waals surface area contributed by atoms with E-state index in [0.29, 0.717) is 31.1 Å². The molecule has 176 valence electrons. The zero-order chi connectivity index (χ0) is 23.4. The predicted molar refractivity (Wildman–Crippen MR) is 131 cm³/mol. The Labute approximate surface area is 200 Å². The molecule has 1 aliphatic heterocycles. The molecule has 1 fully saturated rings. The van der Waals surface area contributed by atoms with Crippen molar-refractivity contribution in [2.75, 3.05) is 44.9 Å². The molecule has 3 aromatic rings. The molecule has 2 aliphatic rings. The zero-order valence-electron chi connectivity index (χ0n) is 19.5. The second-order valence-corrected chi connectivity index (χ2v) is 8.95. The largest absolute Gasteiger partial charge is 0.496 e. The van der Waals surface area contributed by atoms with E-state index in [0.717, 1.165) is 49.6 Å². The number of ether oxygens (including phenoxy) is 2. The third-order valence-corrected chi connectivity index (χ3v) is 6.93. The van der Waals surface area contributed by atoms with Crippen LogP contribution in [0, 0.1) is 0 Å². The Kier molecular flexibility index (Phi) is 6.45. The number of hydrogen-bond donors (Lipinski definition) is 1. The van der Waals surface area contributed by atoms with Crippen LogP contribution in [0.15, 0.2) is 60.8 Å². The molecule has 1 N–H and O–H groups in total. The summed E-state index contributed by atoms with van der Waals surface area (Å²) in [7, 11) is 1.58. The molecule has 1 atom stereocenters. The van der Waals surface area contributed by atoms with E-state index in [-0.39, 0.29) is 11.3 Å². The number of aromatic nitrogens is 2. The third kappa shape index (κ3) is 4.48. The molecule has 2 aromatic carbocycles. The fourth-order valence-electron chi connectivity index (χ4n) is 4.99. The number of fused-ring (bicyclic) bond motifs is 1. The Hall–Kier alpha value is -3.45. The number of anilines is 1. The molecule has 0 spiro atoms. The molecule has 1 aliphatic carbocycles. The van der Waals surface area contributed by atoms with Gasteiger partial charge in [-0.1, -0.05) is 42.5 Å². The van der Waals surface area contributed by atoms with Gasteiger partial charge in [-0.2, -0.15) is 0 Å². The lowest BCUT2D eigenvalue weighted by Gasteiger charge is -2.39. The fourth-order valence-corrected chi connectivity index (χ4v) is 4.99. The molecule has 1 amide bonds. The van der Waals surface area contributed by atoms with Crippen LogP contribution in [0.4, 0.5) is 5.95 Å². The van der Waals surface area contributed by atoms with E-state index < -0.39 is 0 Å². The van der Waals surface area contributed by atoms with Crippen LogP contribution in [0.3, 0.4) is 0 Å². The van der Waals surface area contributed by atoms with Crippen LogP contribution < -0.4 is 15.0 Å². The van der Waals surface area contributed by atoms with Gasteiger partial charge >= 0.3 is 0 Å². The maximum atomic E-state index is 13.1. The number of hydrogen-bond acceptors (Lipinski definition) is 6. The molecule has 0 saturated carbocycles. The molecule has 0 bridgehead atoms. The summed E-state index contributed by atoms with van der Waals surface area (Å²) in [5.41, 5.74) is 3.80. The second-order valence-electron chi connectivity index (χ2n) is 8.95. The number of morpholine rings is 1. The van der Waals surface area contributed by atoms with E-state index in [2.05, 4.69) is 34.5 Å². The lowest BCUT2D eigenvalue weighted by Crippen LogP contribution is -2.45. The summed E-state index contributed by atoms with van der Waals surface area (Å²) >= 11 is 0. The highest BCUT2D eigenvalue weighted by Gasteiger charge is 2.37. The van der Waals surface area contributed by atoms with Crippen LogP contribution in [-0.4, -0.2) is 55.8 Å². The SMILES string of the molecule is COc1ccccc1C(=O)NCC1(c2ccccc2)CCc2nc(N3CCOCC3)ncc2C1. The number of benzene rings is 2. The summed E-state index contributed by atoms with van der Waals surface area (Å²) in [6.45, 7) is 3.59.